The summed E-state index contributed by atoms with van der Waals surface area (Å²) >= 11 is 0. The van der Waals surface area contributed by atoms with Gasteiger partial charge in [0.2, 0.25) is 0 Å². The molecule has 0 amide bonds. The lowest BCUT2D eigenvalue weighted by atomic mass is 10.1. The van der Waals surface area contributed by atoms with Crippen LogP contribution in [-0.2, 0) is 15.9 Å². The fraction of sp³-hybridized carbons (Fsp3) is 0.600. The van der Waals surface area contributed by atoms with E-state index in [-0.39, 0.29) is 6.04 Å². The molecule has 3 nitrogen and oxygen atoms in total. The molecule has 0 aliphatic rings. The highest BCUT2D eigenvalue weighted by molar-refractivity contribution is 5.24. The van der Waals surface area contributed by atoms with Crippen molar-refractivity contribution >= 4 is 0 Å². The molecule has 0 radical (unpaired) electrons. The van der Waals surface area contributed by atoms with Gasteiger partial charge in [-0.3, -0.25) is 0 Å². The third kappa shape index (κ3) is 5.63. The van der Waals surface area contributed by atoms with Gasteiger partial charge < -0.3 is 15.2 Å². The van der Waals surface area contributed by atoms with Crippen molar-refractivity contribution in [3.8, 4) is 0 Å². The maximum Gasteiger partial charge on any atom is 0.0701 e. The Kier molecular flexibility index (Phi) is 7.65. The third-order valence-electron chi connectivity index (χ3n) is 2.83. The zero-order valence-electron chi connectivity index (χ0n) is 11.5. The van der Waals surface area contributed by atoms with Gasteiger partial charge >= 0.3 is 0 Å². The summed E-state index contributed by atoms with van der Waals surface area (Å²) < 4.78 is 10.8. The molecule has 0 saturated heterocycles. The molecule has 1 aromatic carbocycles. The molecular weight excluding hydrogens is 226 g/mol. The fourth-order valence-electron chi connectivity index (χ4n) is 1.67. The van der Waals surface area contributed by atoms with Gasteiger partial charge in [0, 0.05) is 6.61 Å². The highest BCUT2D eigenvalue weighted by Crippen LogP contribution is 2.12. The van der Waals surface area contributed by atoms with Gasteiger partial charge in [0.15, 0.2) is 0 Å². The number of benzene rings is 1. The number of rotatable bonds is 9. The molecule has 0 fully saturated rings. The van der Waals surface area contributed by atoms with Gasteiger partial charge in [-0.25, -0.2) is 0 Å². The third-order valence-corrected chi connectivity index (χ3v) is 2.83. The van der Waals surface area contributed by atoms with E-state index in [0.29, 0.717) is 19.8 Å². The molecule has 1 aromatic rings. The summed E-state index contributed by atoms with van der Waals surface area (Å²) in [6.07, 6.45) is 2.10. The summed E-state index contributed by atoms with van der Waals surface area (Å²) in [5, 5.41) is 0. The first-order chi connectivity index (χ1) is 8.77. The molecular formula is C15H25NO2. The Morgan fingerprint density at radius 2 is 1.67 bits per heavy atom. The molecule has 1 unspecified atom stereocenters. The first-order valence-electron chi connectivity index (χ1n) is 6.77. The summed E-state index contributed by atoms with van der Waals surface area (Å²) in [6, 6.07) is 8.36. The molecule has 102 valence electrons. The first-order valence-corrected chi connectivity index (χ1v) is 6.77. The second kappa shape index (κ2) is 9.09. The Balaban J connectivity index is 2.21. The van der Waals surface area contributed by atoms with Crippen LogP contribution in [-0.4, -0.2) is 26.4 Å². The van der Waals surface area contributed by atoms with E-state index in [0.717, 1.165) is 25.0 Å². The van der Waals surface area contributed by atoms with Crippen molar-refractivity contribution in [2.24, 2.45) is 5.73 Å². The minimum atomic E-state index is -0.0536. The Hall–Kier alpha value is -0.900. The topological polar surface area (TPSA) is 44.5 Å². The smallest absolute Gasteiger partial charge is 0.0701 e. The molecule has 3 heteroatoms. The summed E-state index contributed by atoms with van der Waals surface area (Å²) in [7, 11) is 0. The number of ether oxygens (including phenoxy) is 2. The molecule has 0 aliphatic heterocycles. The van der Waals surface area contributed by atoms with Gasteiger partial charge in [0.05, 0.1) is 25.9 Å². The number of aryl methyl sites for hydroxylation is 1. The van der Waals surface area contributed by atoms with Crippen LogP contribution < -0.4 is 5.73 Å². The van der Waals surface area contributed by atoms with Crippen LogP contribution in [0.5, 0.6) is 0 Å². The molecule has 0 aromatic heterocycles. The highest BCUT2D eigenvalue weighted by Gasteiger charge is 2.05. The normalized spacial score (nSPS) is 12.6. The second-order valence-electron chi connectivity index (χ2n) is 4.39. The fourth-order valence-corrected chi connectivity index (χ4v) is 1.67. The zero-order valence-corrected chi connectivity index (χ0v) is 11.5. The summed E-state index contributed by atoms with van der Waals surface area (Å²) in [4.78, 5) is 0. The Bertz CT molecular complexity index is 311. The van der Waals surface area contributed by atoms with Crippen LogP contribution in [0.3, 0.4) is 0 Å². The summed E-state index contributed by atoms with van der Waals surface area (Å²) in [5.41, 5.74) is 8.52. The number of nitrogens with two attached hydrogens (primary N) is 1. The van der Waals surface area contributed by atoms with Crippen LogP contribution >= 0.6 is 0 Å². The van der Waals surface area contributed by atoms with Crippen molar-refractivity contribution in [2.45, 2.75) is 32.7 Å². The molecule has 1 atom stereocenters. The molecule has 1 rings (SSSR count). The van der Waals surface area contributed by atoms with E-state index in [2.05, 4.69) is 38.1 Å². The van der Waals surface area contributed by atoms with Crippen LogP contribution in [0, 0.1) is 0 Å². The van der Waals surface area contributed by atoms with Gasteiger partial charge in [0.25, 0.3) is 0 Å². The maximum atomic E-state index is 6.06. The lowest BCUT2D eigenvalue weighted by molar-refractivity contribution is 0.0428. The van der Waals surface area contributed by atoms with Gasteiger partial charge in [-0.15, -0.1) is 0 Å². The maximum absolute atomic E-state index is 6.06. The minimum absolute atomic E-state index is 0.0536. The monoisotopic (exact) mass is 251 g/mol. The molecule has 18 heavy (non-hydrogen) atoms. The van der Waals surface area contributed by atoms with Gasteiger partial charge in [-0.2, -0.15) is 0 Å². The molecule has 0 spiro atoms. The summed E-state index contributed by atoms with van der Waals surface area (Å²) in [5.74, 6) is 0. The predicted molar refractivity (Wildman–Crippen MR) is 74.7 cm³/mol. The van der Waals surface area contributed by atoms with Crippen molar-refractivity contribution < 1.29 is 9.47 Å². The van der Waals surface area contributed by atoms with E-state index < -0.39 is 0 Å². The first kappa shape index (κ1) is 15.2. The lowest BCUT2D eigenvalue weighted by Gasteiger charge is -2.13. The van der Waals surface area contributed by atoms with Crippen LogP contribution in [0.1, 0.15) is 37.4 Å². The average molecular weight is 251 g/mol. The van der Waals surface area contributed by atoms with Crippen molar-refractivity contribution in [3.63, 3.8) is 0 Å². The average Bonchev–Trinajstić information content (AvgIpc) is 2.42. The van der Waals surface area contributed by atoms with Crippen molar-refractivity contribution in [1.29, 1.82) is 0 Å². The van der Waals surface area contributed by atoms with Crippen LogP contribution in [0.25, 0.3) is 0 Å². The molecule has 2 N–H and O–H groups in total. The Morgan fingerprint density at radius 1 is 1.00 bits per heavy atom. The predicted octanol–water partition coefficient (Wildman–Crippen LogP) is 2.69. The number of hydrogen-bond acceptors (Lipinski definition) is 3. The van der Waals surface area contributed by atoms with E-state index in [1.54, 1.807) is 0 Å². The van der Waals surface area contributed by atoms with Crippen LogP contribution in [0.15, 0.2) is 24.3 Å². The SMILES string of the molecule is CCCOCCOCC(N)c1ccc(CC)cc1. The van der Waals surface area contributed by atoms with E-state index in [1.807, 2.05) is 0 Å². The molecule has 0 heterocycles. The van der Waals surface area contributed by atoms with Gasteiger partial charge in [0.1, 0.15) is 0 Å². The van der Waals surface area contributed by atoms with E-state index in [4.69, 9.17) is 15.2 Å². The standard InChI is InChI=1S/C15H25NO2/c1-3-9-17-10-11-18-12-15(16)14-7-5-13(4-2)6-8-14/h5-8,15H,3-4,9-12,16H2,1-2H3. The molecule has 0 saturated carbocycles. The van der Waals surface area contributed by atoms with Crippen molar-refractivity contribution in [3.05, 3.63) is 35.4 Å². The van der Waals surface area contributed by atoms with Gasteiger partial charge in [-0.05, 0) is 24.0 Å². The largest absolute Gasteiger partial charge is 0.379 e. The quantitative estimate of drug-likeness (QED) is 0.686. The van der Waals surface area contributed by atoms with Gasteiger partial charge in [-0.1, -0.05) is 38.1 Å². The molecule has 0 aliphatic carbocycles. The number of hydrogen-bond donors (Lipinski definition) is 1. The van der Waals surface area contributed by atoms with E-state index >= 15 is 0 Å². The highest BCUT2D eigenvalue weighted by atomic mass is 16.5. The lowest BCUT2D eigenvalue weighted by Crippen LogP contribution is -2.18. The van der Waals surface area contributed by atoms with Crippen molar-refractivity contribution in [2.75, 3.05) is 26.4 Å². The zero-order chi connectivity index (χ0) is 13.2. The van der Waals surface area contributed by atoms with E-state index in [1.165, 1.54) is 5.56 Å². The molecule has 0 bridgehead atoms. The van der Waals surface area contributed by atoms with Crippen molar-refractivity contribution in [1.82, 2.24) is 0 Å². The summed E-state index contributed by atoms with van der Waals surface area (Å²) in [6.45, 7) is 6.84. The minimum Gasteiger partial charge on any atom is -0.379 e. The second-order valence-corrected chi connectivity index (χ2v) is 4.39. The van der Waals surface area contributed by atoms with Crippen LogP contribution in [0.4, 0.5) is 0 Å². The van der Waals surface area contributed by atoms with E-state index in [9.17, 15) is 0 Å². The Labute approximate surface area is 110 Å². The van der Waals surface area contributed by atoms with Crippen LogP contribution in [0.2, 0.25) is 0 Å². The Morgan fingerprint density at radius 3 is 2.28 bits per heavy atom.